The highest BCUT2D eigenvalue weighted by atomic mass is 35.5. The number of nitrogens with one attached hydrogen (secondary N) is 3. The van der Waals surface area contributed by atoms with Crippen molar-refractivity contribution in [3.8, 4) is 0 Å². The van der Waals surface area contributed by atoms with E-state index in [4.69, 9.17) is 16.3 Å². The van der Waals surface area contributed by atoms with Crippen LogP contribution in [0.4, 0.5) is 22.1 Å². The zero-order valence-electron chi connectivity index (χ0n) is 20.1. The first-order valence-corrected chi connectivity index (χ1v) is 12.7. The summed E-state index contributed by atoms with van der Waals surface area (Å²) in [4.78, 5) is 39.8. The fraction of sp³-hybridized carbons (Fsp3) is 0.107. The maximum Gasteiger partial charge on any atom is 0.350 e. The third kappa shape index (κ3) is 6.35. The van der Waals surface area contributed by atoms with Crippen molar-refractivity contribution in [3.63, 3.8) is 0 Å². The van der Waals surface area contributed by atoms with Crippen LogP contribution in [0.5, 0.6) is 0 Å². The van der Waals surface area contributed by atoms with Crippen LogP contribution in [-0.2, 0) is 4.74 Å². The zero-order valence-corrected chi connectivity index (χ0v) is 21.7. The SMILES string of the molecule is CCOC(=O)c1sc(Nc2ccccc2)c(C(=O)Nc2ccc(C)cc2)c1NC(=O)c1ccc(Cl)cc1. The Morgan fingerprint density at radius 1 is 0.838 bits per heavy atom. The molecule has 2 amide bonds. The molecule has 4 rings (SSSR count). The van der Waals surface area contributed by atoms with Gasteiger partial charge in [-0.2, -0.15) is 0 Å². The van der Waals surface area contributed by atoms with Crippen LogP contribution in [0.2, 0.25) is 5.02 Å². The van der Waals surface area contributed by atoms with Crippen LogP contribution >= 0.6 is 22.9 Å². The second-order valence-electron chi connectivity index (χ2n) is 8.00. The minimum absolute atomic E-state index is 0.0615. The number of anilines is 4. The molecule has 4 aromatic rings. The Balaban J connectivity index is 1.80. The van der Waals surface area contributed by atoms with Crippen molar-refractivity contribution in [1.29, 1.82) is 0 Å². The molecule has 0 bridgehead atoms. The Morgan fingerprint density at radius 2 is 1.51 bits per heavy atom. The first-order chi connectivity index (χ1) is 17.9. The lowest BCUT2D eigenvalue weighted by atomic mass is 10.1. The van der Waals surface area contributed by atoms with E-state index in [1.54, 1.807) is 43.3 Å². The van der Waals surface area contributed by atoms with Gasteiger partial charge in [0.1, 0.15) is 9.88 Å². The average Bonchev–Trinajstić information content (AvgIpc) is 3.24. The van der Waals surface area contributed by atoms with Crippen LogP contribution in [0.3, 0.4) is 0 Å². The maximum absolute atomic E-state index is 13.6. The molecule has 3 aromatic carbocycles. The fourth-order valence-corrected chi connectivity index (χ4v) is 4.66. The highest BCUT2D eigenvalue weighted by molar-refractivity contribution is 7.19. The Kier molecular flexibility index (Phi) is 8.22. The predicted octanol–water partition coefficient (Wildman–Crippen LogP) is 7.13. The molecule has 0 atom stereocenters. The summed E-state index contributed by atoms with van der Waals surface area (Å²) >= 11 is 6.99. The van der Waals surface area contributed by atoms with Gasteiger partial charge in [-0.05, 0) is 62.4 Å². The number of carbonyl (C=O) groups is 3. The van der Waals surface area contributed by atoms with Crippen molar-refractivity contribution >= 4 is 62.8 Å². The quantitative estimate of drug-likeness (QED) is 0.209. The number of esters is 1. The molecular formula is C28H24ClN3O4S. The fourth-order valence-electron chi connectivity index (χ4n) is 3.47. The molecule has 0 spiro atoms. The van der Waals surface area contributed by atoms with Crippen LogP contribution in [0.25, 0.3) is 0 Å². The van der Waals surface area contributed by atoms with Crippen molar-refractivity contribution in [2.75, 3.05) is 22.6 Å². The van der Waals surface area contributed by atoms with Gasteiger partial charge in [0, 0.05) is 22.0 Å². The van der Waals surface area contributed by atoms with Crippen molar-refractivity contribution < 1.29 is 19.1 Å². The van der Waals surface area contributed by atoms with Crippen LogP contribution in [0.1, 0.15) is 42.9 Å². The van der Waals surface area contributed by atoms with E-state index < -0.39 is 17.8 Å². The van der Waals surface area contributed by atoms with Gasteiger partial charge in [0.05, 0.1) is 17.9 Å². The lowest BCUT2D eigenvalue weighted by molar-refractivity contribution is 0.0533. The average molecular weight is 534 g/mol. The van der Waals surface area contributed by atoms with Gasteiger partial charge in [0.2, 0.25) is 0 Å². The number of aryl methyl sites for hydroxylation is 1. The lowest BCUT2D eigenvalue weighted by Gasteiger charge is -2.12. The van der Waals surface area contributed by atoms with Crippen LogP contribution in [-0.4, -0.2) is 24.4 Å². The number of ether oxygens (including phenoxy) is 1. The summed E-state index contributed by atoms with van der Waals surface area (Å²) in [5, 5.41) is 9.69. The molecule has 7 nitrogen and oxygen atoms in total. The molecule has 0 fully saturated rings. The van der Waals surface area contributed by atoms with Crippen LogP contribution in [0.15, 0.2) is 78.9 Å². The van der Waals surface area contributed by atoms with Gasteiger partial charge in [-0.25, -0.2) is 4.79 Å². The molecular weight excluding hydrogens is 510 g/mol. The lowest BCUT2D eigenvalue weighted by Crippen LogP contribution is -2.19. The number of hydrogen-bond donors (Lipinski definition) is 3. The monoisotopic (exact) mass is 533 g/mol. The second-order valence-corrected chi connectivity index (χ2v) is 9.46. The van der Waals surface area contributed by atoms with Gasteiger partial charge in [-0.1, -0.05) is 47.5 Å². The molecule has 0 aliphatic heterocycles. The van der Waals surface area contributed by atoms with Gasteiger partial charge in [-0.3, -0.25) is 9.59 Å². The molecule has 37 heavy (non-hydrogen) atoms. The Labute approximate surface area is 223 Å². The summed E-state index contributed by atoms with van der Waals surface area (Å²) in [6.07, 6.45) is 0. The van der Waals surface area contributed by atoms with E-state index in [1.165, 1.54) is 0 Å². The number of benzene rings is 3. The van der Waals surface area contributed by atoms with Gasteiger partial charge >= 0.3 is 5.97 Å². The number of thiophene rings is 1. The van der Waals surface area contributed by atoms with Gasteiger partial charge in [0.15, 0.2) is 0 Å². The summed E-state index contributed by atoms with van der Waals surface area (Å²) in [5.41, 5.74) is 2.80. The van der Waals surface area contributed by atoms with E-state index in [1.807, 2.05) is 49.4 Å². The van der Waals surface area contributed by atoms with Crippen LogP contribution in [0, 0.1) is 6.92 Å². The number of carbonyl (C=O) groups excluding carboxylic acids is 3. The molecule has 0 unspecified atom stereocenters. The topological polar surface area (TPSA) is 96.5 Å². The Morgan fingerprint density at radius 3 is 2.16 bits per heavy atom. The summed E-state index contributed by atoms with van der Waals surface area (Å²) in [6.45, 7) is 3.77. The van der Waals surface area contributed by atoms with E-state index in [2.05, 4.69) is 16.0 Å². The minimum atomic E-state index is -0.649. The van der Waals surface area contributed by atoms with Crippen molar-refractivity contribution in [2.45, 2.75) is 13.8 Å². The van der Waals surface area contributed by atoms with Gasteiger partial charge in [-0.15, -0.1) is 11.3 Å². The summed E-state index contributed by atoms with van der Waals surface area (Å²) in [5.74, 6) is -1.65. The molecule has 0 saturated heterocycles. The smallest absolute Gasteiger partial charge is 0.350 e. The summed E-state index contributed by atoms with van der Waals surface area (Å²) < 4.78 is 5.24. The first kappa shape index (κ1) is 25.9. The number of halogens is 1. The normalized spacial score (nSPS) is 10.5. The van der Waals surface area contributed by atoms with Gasteiger partial charge in [0.25, 0.3) is 11.8 Å². The molecule has 0 aliphatic rings. The maximum atomic E-state index is 13.6. The van der Waals surface area contributed by atoms with Crippen LogP contribution < -0.4 is 16.0 Å². The number of rotatable bonds is 8. The van der Waals surface area contributed by atoms with E-state index in [9.17, 15) is 14.4 Å². The van der Waals surface area contributed by atoms with Crippen molar-refractivity contribution in [3.05, 3.63) is 105 Å². The molecule has 0 saturated carbocycles. The number of hydrogen-bond acceptors (Lipinski definition) is 6. The van der Waals surface area contributed by atoms with E-state index in [0.29, 0.717) is 27.0 Å². The summed E-state index contributed by atoms with van der Waals surface area (Å²) in [7, 11) is 0. The number of para-hydroxylation sites is 1. The van der Waals surface area contributed by atoms with Crippen molar-refractivity contribution in [2.24, 2.45) is 0 Å². The van der Waals surface area contributed by atoms with E-state index >= 15 is 0 Å². The third-order valence-electron chi connectivity index (χ3n) is 5.28. The first-order valence-electron chi connectivity index (χ1n) is 11.5. The van der Waals surface area contributed by atoms with Crippen molar-refractivity contribution in [1.82, 2.24) is 0 Å². The molecule has 3 N–H and O–H groups in total. The molecule has 188 valence electrons. The van der Waals surface area contributed by atoms with E-state index in [-0.39, 0.29) is 22.7 Å². The Hall–Kier alpha value is -4.14. The van der Waals surface area contributed by atoms with Gasteiger partial charge < -0.3 is 20.7 Å². The predicted molar refractivity (Wildman–Crippen MR) is 149 cm³/mol. The molecule has 9 heteroatoms. The minimum Gasteiger partial charge on any atom is -0.462 e. The number of amides is 2. The highest BCUT2D eigenvalue weighted by Gasteiger charge is 2.30. The molecule has 1 aromatic heterocycles. The largest absolute Gasteiger partial charge is 0.462 e. The second kappa shape index (κ2) is 11.7. The molecule has 1 heterocycles. The Bertz CT molecular complexity index is 1420. The molecule has 0 aliphatic carbocycles. The van der Waals surface area contributed by atoms with E-state index in [0.717, 1.165) is 16.9 Å². The standard InChI is InChI=1S/C28H24ClN3O4S/c1-3-36-28(35)24-23(32-25(33)18-11-13-19(29)14-12-18)22(26(34)30-21-15-9-17(2)10-16-21)27(37-24)31-20-7-5-4-6-8-20/h4-16,31H,3H2,1-2H3,(H,30,34)(H,32,33). The summed E-state index contributed by atoms with van der Waals surface area (Å²) in [6, 6.07) is 22.8. The third-order valence-corrected chi connectivity index (χ3v) is 6.62. The highest BCUT2D eigenvalue weighted by Crippen LogP contribution is 2.40. The molecule has 0 radical (unpaired) electrons. The zero-order chi connectivity index (χ0) is 26.4.